The van der Waals surface area contributed by atoms with E-state index in [1.807, 2.05) is 6.07 Å². The minimum atomic E-state index is -2.88. The Morgan fingerprint density at radius 1 is 1.18 bits per heavy atom. The van der Waals surface area contributed by atoms with Gasteiger partial charge >= 0.3 is 6.61 Å². The number of hydrogen-bond donors (Lipinski definition) is 1. The van der Waals surface area contributed by atoms with Crippen LogP contribution in [0.2, 0.25) is 0 Å². The van der Waals surface area contributed by atoms with Crippen LogP contribution < -0.4 is 10.1 Å². The lowest BCUT2D eigenvalue weighted by Crippen LogP contribution is -2.11. The summed E-state index contributed by atoms with van der Waals surface area (Å²) in [6.07, 6.45) is 0. The fourth-order valence-electron chi connectivity index (χ4n) is 1.93. The highest BCUT2D eigenvalue weighted by Gasteiger charge is 2.09. The van der Waals surface area contributed by atoms with E-state index in [9.17, 15) is 13.6 Å². The smallest absolute Gasteiger partial charge is 0.387 e. The number of rotatable bonds is 4. The summed E-state index contributed by atoms with van der Waals surface area (Å²) in [6.45, 7) is -2.88. The summed E-state index contributed by atoms with van der Waals surface area (Å²) in [5.74, 6) is -0.325. The Morgan fingerprint density at radius 2 is 1.95 bits per heavy atom. The lowest BCUT2D eigenvalue weighted by Gasteiger charge is -2.07. The number of halogens is 2. The van der Waals surface area contributed by atoms with E-state index >= 15 is 0 Å². The average molecular weight is 320 g/mol. The van der Waals surface area contributed by atoms with Crippen LogP contribution in [0.15, 0.2) is 48.0 Å². The van der Waals surface area contributed by atoms with Crippen molar-refractivity contribution in [3.63, 3.8) is 0 Å². The molecule has 22 heavy (non-hydrogen) atoms. The van der Waals surface area contributed by atoms with Gasteiger partial charge in [0, 0.05) is 11.3 Å². The van der Waals surface area contributed by atoms with Gasteiger partial charge < -0.3 is 10.1 Å². The molecule has 0 atom stereocenters. The molecule has 2 aromatic carbocycles. The number of hydrogen-bond acceptors (Lipinski definition) is 4. The summed E-state index contributed by atoms with van der Waals surface area (Å²) in [5, 5.41) is 2.74. The quantitative estimate of drug-likeness (QED) is 0.785. The molecule has 3 rings (SSSR count). The van der Waals surface area contributed by atoms with Crippen molar-refractivity contribution in [2.45, 2.75) is 6.61 Å². The van der Waals surface area contributed by atoms with Crippen LogP contribution in [0.4, 0.5) is 14.5 Å². The van der Waals surface area contributed by atoms with E-state index in [1.54, 1.807) is 17.6 Å². The van der Waals surface area contributed by atoms with E-state index in [0.717, 1.165) is 10.2 Å². The number of thiazole rings is 1. The first-order chi connectivity index (χ1) is 10.6. The van der Waals surface area contributed by atoms with Crippen LogP contribution in [0.1, 0.15) is 10.4 Å². The molecule has 3 aromatic rings. The molecule has 7 heteroatoms. The number of benzene rings is 2. The van der Waals surface area contributed by atoms with E-state index < -0.39 is 6.61 Å². The van der Waals surface area contributed by atoms with Crippen molar-refractivity contribution < 1.29 is 18.3 Å². The summed E-state index contributed by atoms with van der Waals surface area (Å²) < 4.78 is 29.4. The molecule has 0 spiro atoms. The molecular weight excluding hydrogens is 310 g/mol. The van der Waals surface area contributed by atoms with Crippen LogP contribution >= 0.6 is 11.3 Å². The summed E-state index contributed by atoms with van der Waals surface area (Å²) in [6, 6.07) is 10.9. The van der Waals surface area contributed by atoms with Crippen LogP contribution in [0, 0.1) is 0 Å². The summed E-state index contributed by atoms with van der Waals surface area (Å²) in [5.41, 5.74) is 3.51. The molecule has 112 valence electrons. The minimum absolute atomic E-state index is 0.00967. The van der Waals surface area contributed by atoms with E-state index in [0.29, 0.717) is 11.3 Å². The van der Waals surface area contributed by atoms with E-state index in [-0.39, 0.29) is 11.7 Å². The highest BCUT2D eigenvalue weighted by Crippen LogP contribution is 2.22. The van der Waals surface area contributed by atoms with Gasteiger partial charge in [0.05, 0.1) is 15.7 Å². The van der Waals surface area contributed by atoms with Crippen LogP contribution in [0.5, 0.6) is 5.75 Å². The maximum Gasteiger partial charge on any atom is 0.387 e. The molecule has 0 aliphatic rings. The Hall–Kier alpha value is -2.54. The van der Waals surface area contributed by atoms with Gasteiger partial charge in [-0.2, -0.15) is 8.78 Å². The molecule has 0 saturated carbocycles. The van der Waals surface area contributed by atoms with Gasteiger partial charge in [-0.05, 0) is 42.5 Å². The van der Waals surface area contributed by atoms with Gasteiger partial charge in [0.25, 0.3) is 5.91 Å². The molecular formula is C15H10F2N2O2S. The Labute approximate surface area is 128 Å². The van der Waals surface area contributed by atoms with Gasteiger partial charge in [-0.1, -0.05) is 0 Å². The molecule has 1 amide bonds. The lowest BCUT2D eigenvalue weighted by atomic mass is 10.2. The third-order valence-corrected chi connectivity index (χ3v) is 3.74. The SMILES string of the molecule is O=C(Nc1ccc2scnc2c1)c1ccc(OC(F)F)cc1. The molecule has 0 bridgehead atoms. The molecule has 1 heterocycles. The largest absolute Gasteiger partial charge is 0.435 e. The van der Waals surface area contributed by atoms with Crippen molar-refractivity contribution in [1.29, 1.82) is 0 Å². The van der Waals surface area contributed by atoms with Crippen LogP contribution in [-0.2, 0) is 0 Å². The monoisotopic (exact) mass is 320 g/mol. The summed E-state index contributed by atoms with van der Waals surface area (Å²) >= 11 is 1.52. The van der Waals surface area contributed by atoms with Crippen LogP contribution in [-0.4, -0.2) is 17.5 Å². The first-order valence-corrected chi connectivity index (χ1v) is 7.19. The fraction of sp³-hybridized carbons (Fsp3) is 0.0667. The molecule has 0 radical (unpaired) electrons. The third-order valence-electron chi connectivity index (χ3n) is 2.93. The van der Waals surface area contributed by atoms with Crippen LogP contribution in [0.25, 0.3) is 10.2 Å². The zero-order chi connectivity index (χ0) is 15.5. The number of nitrogens with zero attached hydrogens (tertiary/aromatic N) is 1. The van der Waals surface area contributed by atoms with Gasteiger partial charge in [0.15, 0.2) is 0 Å². The van der Waals surface area contributed by atoms with E-state index in [2.05, 4.69) is 15.0 Å². The van der Waals surface area contributed by atoms with Gasteiger partial charge in [-0.15, -0.1) is 11.3 Å². The van der Waals surface area contributed by atoms with Gasteiger partial charge in [-0.3, -0.25) is 4.79 Å². The number of carbonyl (C=O) groups is 1. The Kier molecular flexibility index (Phi) is 3.97. The van der Waals surface area contributed by atoms with Crippen LogP contribution in [0.3, 0.4) is 0 Å². The molecule has 1 N–H and O–H groups in total. The number of aromatic nitrogens is 1. The van der Waals surface area contributed by atoms with Gasteiger partial charge in [0.2, 0.25) is 0 Å². The first kappa shape index (κ1) is 14.4. The summed E-state index contributed by atoms with van der Waals surface area (Å²) in [4.78, 5) is 16.3. The maximum absolute atomic E-state index is 12.1. The van der Waals surface area contributed by atoms with Crippen molar-refractivity contribution in [3.05, 3.63) is 53.5 Å². The Morgan fingerprint density at radius 3 is 2.68 bits per heavy atom. The normalized spacial score (nSPS) is 10.9. The number of nitrogens with one attached hydrogen (secondary N) is 1. The zero-order valence-electron chi connectivity index (χ0n) is 11.1. The lowest BCUT2D eigenvalue weighted by molar-refractivity contribution is -0.0498. The second-order valence-corrected chi connectivity index (χ2v) is 5.28. The molecule has 0 fully saturated rings. The second-order valence-electron chi connectivity index (χ2n) is 4.39. The Bertz CT molecular complexity index is 803. The summed E-state index contributed by atoms with van der Waals surface area (Å²) in [7, 11) is 0. The maximum atomic E-state index is 12.1. The highest BCUT2D eigenvalue weighted by molar-refractivity contribution is 7.16. The highest BCUT2D eigenvalue weighted by atomic mass is 32.1. The molecule has 0 aliphatic carbocycles. The van der Waals surface area contributed by atoms with Gasteiger partial charge in [-0.25, -0.2) is 4.98 Å². The predicted octanol–water partition coefficient (Wildman–Crippen LogP) is 4.15. The van der Waals surface area contributed by atoms with Crippen molar-refractivity contribution in [1.82, 2.24) is 4.98 Å². The average Bonchev–Trinajstić information content (AvgIpc) is 2.95. The number of amides is 1. The number of fused-ring (bicyclic) bond motifs is 1. The third kappa shape index (κ3) is 3.20. The predicted molar refractivity (Wildman–Crippen MR) is 80.6 cm³/mol. The fourth-order valence-corrected chi connectivity index (χ4v) is 2.59. The topological polar surface area (TPSA) is 51.2 Å². The van der Waals surface area contributed by atoms with Crippen molar-refractivity contribution in [2.75, 3.05) is 5.32 Å². The molecule has 0 aliphatic heterocycles. The standard InChI is InChI=1S/C15H10F2N2O2S/c16-15(17)21-11-4-1-9(2-5-11)14(20)19-10-3-6-13-12(7-10)18-8-22-13/h1-8,15H,(H,19,20). The number of anilines is 1. The first-order valence-electron chi connectivity index (χ1n) is 6.31. The van der Waals surface area contributed by atoms with E-state index in [4.69, 9.17) is 0 Å². The van der Waals surface area contributed by atoms with Crippen molar-refractivity contribution in [3.8, 4) is 5.75 Å². The number of ether oxygens (including phenoxy) is 1. The van der Waals surface area contributed by atoms with Crippen molar-refractivity contribution in [2.24, 2.45) is 0 Å². The van der Waals surface area contributed by atoms with Crippen molar-refractivity contribution >= 4 is 33.1 Å². The minimum Gasteiger partial charge on any atom is -0.435 e. The molecule has 1 aromatic heterocycles. The molecule has 4 nitrogen and oxygen atoms in total. The van der Waals surface area contributed by atoms with Gasteiger partial charge in [0.1, 0.15) is 5.75 Å². The number of carbonyl (C=O) groups excluding carboxylic acids is 1. The number of alkyl halides is 2. The zero-order valence-corrected chi connectivity index (χ0v) is 11.9. The van der Waals surface area contributed by atoms with E-state index in [1.165, 1.54) is 35.6 Å². The Balaban J connectivity index is 1.73. The second kappa shape index (κ2) is 6.07. The molecule has 0 saturated heterocycles. The molecule has 0 unspecified atom stereocenters.